The van der Waals surface area contributed by atoms with Gasteiger partial charge in [0.05, 0.1) is 4.90 Å². The molecule has 0 bridgehead atoms. The molecule has 0 aliphatic carbocycles. The van der Waals surface area contributed by atoms with E-state index in [4.69, 9.17) is 10.9 Å². The Morgan fingerprint density at radius 3 is 2.62 bits per heavy atom. The summed E-state index contributed by atoms with van der Waals surface area (Å²) in [4.78, 5) is 14.3. The van der Waals surface area contributed by atoms with E-state index >= 15 is 0 Å². The monoisotopic (exact) mass is 311 g/mol. The molecule has 2 rings (SSSR count). The number of benzene rings is 1. The zero-order valence-electron chi connectivity index (χ0n) is 12.3. The van der Waals surface area contributed by atoms with Crippen LogP contribution in [-0.4, -0.2) is 38.4 Å². The van der Waals surface area contributed by atoms with Crippen LogP contribution in [0.3, 0.4) is 0 Å². The predicted octanol–water partition coefficient (Wildman–Crippen LogP) is 0.514. The maximum absolute atomic E-state index is 12.6. The molecule has 1 aromatic carbocycles. The molecule has 0 spiro atoms. The van der Waals surface area contributed by atoms with Gasteiger partial charge in [-0.1, -0.05) is 0 Å². The second-order valence-electron chi connectivity index (χ2n) is 5.49. The third-order valence-corrected chi connectivity index (χ3v) is 5.12. The lowest BCUT2D eigenvalue weighted by molar-refractivity contribution is 0.0741. The Morgan fingerprint density at radius 2 is 2.05 bits per heavy atom. The van der Waals surface area contributed by atoms with Crippen LogP contribution >= 0.6 is 0 Å². The average molecular weight is 311 g/mol. The van der Waals surface area contributed by atoms with E-state index in [1.807, 2.05) is 0 Å². The van der Waals surface area contributed by atoms with Crippen LogP contribution in [0.4, 0.5) is 0 Å². The minimum Gasteiger partial charge on any atom is -0.334 e. The molecule has 0 saturated carbocycles. The van der Waals surface area contributed by atoms with Gasteiger partial charge in [-0.15, -0.1) is 0 Å². The number of sulfonamides is 1. The molecule has 1 amide bonds. The number of rotatable bonds is 3. The van der Waals surface area contributed by atoms with Gasteiger partial charge in [-0.25, -0.2) is 13.6 Å². The van der Waals surface area contributed by atoms with Gasteiger partial charge >= 0.3 is 0 Å². The van der Waals surface area contributed by atoms with Gasteiger partial charge in [-0.05, 0) is 49.9 Å². The molecule has 1 heterocycles. The second kappa shape index (κ2) is 5.75. The summed E-state index contributed by atoms with van der Waals surface area (Å²) < 4.78 is 23.3. The van der Waals surface area contributed by atoms with Crippen LogP contribution in [0.15, 0.2) is 17.0 Å². The van der Waals surface area contributed by atoms with Gasteiger partial charge in [0.25, 0.3) is 5.91 Å². The first-order valence-electron chi connectivity index (χ1n) is 6.90. The molecular formula is C14H21N3O3S. The predicted molar refractivity (Wildman–Crippen MR) is 80.4 cm³/mol. The summed E-state index contributed by atoms with van der Waals surface area (Å²) in [6, 6.07) is 3.10. The van der Waals surface area contributed by atoms with Crippen molar-refractivity contribution in [3.05, 3.63) is 28.8 Å². The van der Waals surface area contributed by atoms with Crippen LogP contribution in [0.5, 0.6) is 0 Å². The first kappa shape index (κ1) is 15.9. The van der Waals surface area contributed by atoms with Gasteiger partial charge in [0.2, 0.25) is 10.0 Å². The summed E-state index contributed by atoms with van der Waals surface area (Å²) in [7, 11) is -3.85. The molecule has 4 N–H and O–H groups in total. The molecule has 0 aromatic heterocycles. The van der Waals surface area contributed by atoms with Crippen molar-refractivity contribution in [3.63, 3.8) is 0 Å². The molecule has 1 aliphatic heterocycles. The van der Waals surface area contributed by atoms with E-state index in [1.165, 1.54) is 6.07 Å². The van der Waals surface area contributed by atoms with Gasteiger partial charge in [0, 0.05) is 24.7 Å². The Kier molecular flexibility index (Phi) is 4.36. The fraction of sp³-hybridized carbons (Fsp3) is 0.500. The summed E-state index contributed by atoms with van der Waals surface area (Å²) in [6.45, 7) is 4.52. The van der Waals surface area contributed by atoms with Crippen molar-refractivity contribution in [3.8, 4) is 0 Å². The van der Waals surface area contributed by atoms with Crippen molar-refractivity contribution in [1.82, 2.24) is 4.90 Å². The molecule has 1 fully saturated rings. The van der Waals surface area contributed by atoms with Crippen molar-refractivity contribution >= 4 is 15.9 Å². The Bertz CT molecular complexity index is 670. The molecule has 116 valence electrons. The number of carbonyl (C=O) groups is 1. The molecule has 6 nitrogen and oxygen atoms in total. The van der Waals surface area contributed by atoms with Crippen LogP contribution < -0.4 is 10.9 Å². The zero-order chi connectivity index (χ0) is 15.8. The van der Waals surface area contributed by atoms with E-state index in [1.54, 1.807) is 24.8 Å². The molecule has 0 radical (unpaired) electrons. The maximum atomic E-state index is 12.6. The first-order chi connectivity index (χ1) is 9.75. The number of nitrogens with two attached hydrogens (primary N) is 2. The number of likely N-dealkylation sites (tertiary alicyclic amines) is 1. The van der Waals surface area contributed by atoms with Crippen molar-refractivity contribution in [2.75, 3.05) is 13.1 Å². The molecule has 21 heavy (non-hydrogen) atoms. The smallest absolute Gasteiger partial charge is 0.254 e. The second-order valence-corrected chi connectivity index (χ2v) is 7.02. The third kappa shape index (κ3) is 3.09. The molecule has 7 heteroatoms. The average Bonchev–Trinajstić information content (AvgIpc) is 2.87. The number of hydrogen-bond acceptors (Lipinski definition) is 4. The van der Waals surface area contributed by atoms with Crippen molar-refractivity contribution < 1.29 is 13.2 Å². The zero-order valence-corrected chi connectivity index (χ0v) is 13.1. The van der Waals surface area contributed by atoms with Crippen LogP contribution in [-0.2, 0) is 10.0 Å². The maximum Gasteiger partial charge on any atom is 0.254 e. The van der Waals surface area contributed by atoms with E-state index < -0.39 is 10.0 Å². The van der Waals surface area contributed by atoms with Crippen molar-refractivity contribution in [1.29, 1.82) is 0 Å². The summed E-state index contributed by atoms with van der Waals surface area (Å²) in [6.07, 6.45) is 1.80. The minimum atomic E-state index is -3.85. The number of nitrogens with zero attached hydrogens (tertiary/aromatic N) is 1. The quantitative estimate of drug-likeness (QED) is 0.848. The lowest BCUT2D eigenvalue weighted by atomic mass is 10.0. The summed E-state index contributed by atoms with van der Waals surface area (Å²) in [5, 5.41) is 5.23. The highest BCUT2D eigenvalue weighted by atomic mass is 32.2. The Balaban J connectivity index is 2.45. The Morgan fingerprint density at radius 1 is 1.38 bits per heavy atom. The lowest BCUT2D eigenvalue weighted by Crippen LogP contribution is -2.40. The lowest BCUT2D eigenvalue weighted by Gasteiger charge is -2.24. The summed E-state index contributed by atoms with van der Waals surface area (Å²) in [5.74, 6) is -0.184. The summed E-state index contributed by atoms with van der Waals surface area (Å²) >= 11 is 0. The Hall–Kier alpha value is -1.44. The molecule has 1 unspecified atom stereocenters. The van der Waals surface area contributed by atoms with Crippen LogP contribution in [0.1, 0.15) is 34.3 Å². The van der Waals surface area contributed by atoms with Gasteiger partial charge in [0.1, 0.15) is 0 Å². The number of amides is 1. The van der Waals surface area contributed by atoms with Gasteiger partial charge < -0.3 is 10.6 Å². The van der Waals surface area contributed by atoms with Gasteiger partial charge in [-0.3, -0.25) is 4.79 Å². The van der Waals surface area contributed by atoms with Crippen LogP contribution in [0.2, 0.25) is 0 Å². The number of primary sulfonamides is 1. The number of aryl methyl sites for hydroxylation is 1. The van der Waals surface area contributed by atoms with E-state index in [2.05, 4.69) is 0 Å². The summed E-state index contributed by atoms with van der Waals surface area (Å²) in [5.41, 5.74) is 7.34. The molecular weight excluding hydrogens is 290 g/mol. The normalized spacial score (nSPS) is 19.0. The number of hydrogen-bond donors (Lipinski definition) is 2. The highest BCUT2D eigenvalue weighted by molar-refractivity contribution is 7.89. The van der Waals surface area contributed by atoms with Gasteiger partial charge in [-0.2, -0.15) is 0 Å². The van der Waals surface area contributed by atoms with Crippen molar-refractivity contribution in [2.24, 2.45) is 10.9 Å². The largest absolute Gasteiger partial charge is 0.334 e. The first-order valence-corrected chi connectivity index (χ1v) is 8.45. The van der Waals surface area contributed by atoms with Crippen LogP contribution in [0.25, 0.3) is 0 Å². The fourth-order valence-electron chi connectivity index (χ4n) is 2.76. The Labute approximate surface area is 125 Å². The van der Waals surface area contributed by atoms with E-state index in [9.17, 15) is 13.2 Å². The molecule has 1 atom stereocenters. The number of carbonyl (C=O) groups excluding carboxylic acids is 1. The molecule has 1 aromatic rings. The van der Waals surface area contributed by atoms with Crippen molar-refractivity contribution in [2.45, 2.75) is 37.6 Å². The highest BCUT2D eigenvalue weighted by Crippen LogP contribution is 2.24. The van der Waals surface area contributed by atoms with E-state index in [0.717, 1.165) is 18.4 Å². The minimum absolute atomic E-state index is 0.00865. The SMILES string of the molecule is Cc1cc(C(=O)N2CCCC2CN)cc(S(N)(=O)=O)c1C. The van der Waals surface area contributed by atoms with Crippen LogP contribution in [0, 0.1) is 13.8 Å². The van der Waals surface area contributed by atoms with E-state index in [-0.39, 0.29) is 16.8 Å². The van der Waals surface area contributed by atoms with E-state index in [0.29, 0.717) is 24.2 Å². The molecule has 1 saturated heterocycles. The molecule has 1 aliphatic rings. The topological polar surface area (TPSA) is 106 Å². The standard InChI is InChI=1S/C14H21N3O3S/c1-9-6-11(7-13(10(9)2)21(16,19)20)14(18)17-5-3-4-12(17)8-15/h6-7,12H,3-5,8,15H2,1-2H3,(H2,16,19,20). The fourth-order valence-corrected chi connectivity index (χ4v) is 3.64. The highest BCUT2D eigenvalue weighted by Gasteiger charge is 2.29. The van der Waals surface area contributed by atoms with Gasteiger partial charge in [0.15, 0.2) is 0 Å². The third-order valence-electron chi connectivity index (χ3n) is 4.08.